The van der Waals surface area contributed by atoms with Gasteiger partial charge in [0.25, 0.3) is 0 Å². The summed E-state index contributed by atoms with van der Waals surface area (Å²) in [5.74, 6) is 0.679. The van der Waals surface area contributed by atoms with E-state index in [1.54, 1.807) is 0 Å². The standard InChI is InChI=1S/C31H45NO5/c1-5-36-29-15-10-14-27(28(29)13-8-9-16-30(34)35)22(2)37-21-26(33)20-32-31(3,4)19-23-17-24-11-6-7-12-25(24)18-23/h6-7,10-12,14-15,22-23,26,32-33H,5,8-9,13,16-21H2,1-4H3,(H,34,35)/t22-,26-/m1/s1. The fraction of sp³-hybridized carbons (Fsp3) is 0.581. The van der Waals surface area contributed by atoms with Gasteiger partial charge in [-0.3, -0.25) is 4.79 Å². The minimum atomic E-state index is -0.769. The summed E-state index contributed by atoms with van der Waals surface area (Å²) in [7, 11) is 0. The summed E-state index contributed by atoms with van der Waals surface area (Å²) in [6.45, 7) is 9.64. The Hall–Kier alpha value is -2.41. The third kappa shape index (κ3) is 9.13. The third-order valence-electron chi connectivity index (χ3n) is 7.26. The highest BCUT2D eigenvalue weighted by Gasteiger charge is 2.28. The zero-order valence-electron chi connectivity index (χ0n) is 23.0. The summed E-state index contributed by atoms with van der Waals surface area (Å²) in [4.78, 5) is 10.9. The molecule has 3 N–H and O–H groups in total. The summed E-state index contributed by atoms with van der Waals surface area (Å²) in [6.07, 6.45) is 4.78. The largest absolute Gasteiger partial charge is 0.494 e. The molecular weight excluding hydrogens is 466 g/mol. The van der Waals surface area contributed by atoms with Crippen LogP contribution in [0.3, 0.4) is 0 Å². The van der Waals surface area contributed by atoms with Crippen molar-refractivity contribution in [3.8, 4) is 5.75 Å². The van der Waals surface area contributed by atoms with Gasteiger partial charge in [-0.1, -0.05) is 36.4 Å². The molecule has 0 bridgehead atoms. The van der Waals surface area contributed by atoms with Crippen molar-refractivity contribution in [3.05, 3.63) is 64.7 Å². The number of fused-ring (bicyclic) bond motifs is 1. The summed E-state index contributed by atoms with van der Waals surface area (Å²) >= 11 is 0. The molecule has 2 atom stereocenters. The summed E-state index contributed by atoms with van der Waals surface area (Å²) in [6, 6.07) is 14.7. The van der Waals surface area contributed by atoms with E-state index in [1.165, 1.54) is 11.1 Å². The number of β-amino-alcohol motifs (C(OH)–C–C–N with tert-alkyl or cyclic N) is 1. The molecule has 0 saturated carbocycles. The van der Waals surface area contributed by atoms with E-state index in [0.717, 1.165) is 49.0 Å². The number of aliphatic carboxylic acids is 1. The first-order valence-electron chi connectivity index (χ1n) is 13.8. The van der Waals surface area contributed by atoms with Crippen LogP contribution in [0.4, 0.5) is 0 Å². The topological polar surface area (TPSA) is 88.0 Å². The van der Waals surface area contributed by atoms with Crippen LogP contribution in [0.2, 0.25) is 0 Å². The SMILES string of the molecule is CCOc1cccc([C@@H](C)OC[C@H](O)CNC(C)(C)CC2Cc3ccccc3C2)c1CCCCC(=O)O. The van der Waals surface area contributed by atoms with Crippen molar-refractivity contribution in [1.29, 1.82) is 0 Å². The Kier molecular flexibility index (Phi) is 11.0. The fourth-order valence-electron chi connectivity index (χ4n) is 5.49. The van der Waals surface area contributed by atoms with Gasteiger partial charge in [-0.2, -0.15) is 0 Å². The molecule has 3 rings (SSSR count). The maximum Gasteiger partial charge on any atom is 0.303 e. The number of ether oxygens (including phenoxy) is 2. The average Bonchev–Trinajstić information content (AvgIpc) is 3.26. The Balaban J connectivity index is 1.49. The van der Waals surface area contributed by atoms with Crippen molar-refractivity contribution in [2.45, 2.75) is 90.4 Å². The number of rotatable bonds is 16. The van der Waals surface area contributed by atoms with Gasteiger partial charge < -0.3 is 25.0 Å². The Morgan fingerprint density at radius 2 is 1.81 bits per heavy atom. The van der Waals surface area contributed by atoms with Crippen molar-refractivity contribution in [2.75, 3.05) is 19.8 Å². The van der Waals surface area contributed by atoms with Crippen molar-refractivity contribution in [2.24, 2.45) is 5.92 Å². The van der Waals surface area contributed by atoms with Crippen LogP contribution in [0.25, 0.3) is 0 Å². The van der Waals surface area contributed by atoms with Crippen molar-refractivity contribution < 1.29 is 24.5 Å². The highest BCUT2D eigenvalue weighted by molar-refractivity contribution is 5.66. The number of nitrogens with one attached hydrogen (secondary N) is 1. The summed E-state index contributed by atoms with van der Waals surface area (Å²) in [5, 5.41) is 23.2. The van der Waals surface area contributed by atoms with Crippen LogP contribution in [0.1, 0.15) is 81.7 Å². The summed E-state index contributed by atoms with van der Waals surface area (Å²) < 4.78 is 12.0. The number of hydrogen-bond donors (Lipinski definition) is 3. The van der Waals surface area contributed by atoms with E-state index in [2.05, 4.69) is 43.4 Å². The van der Waals surface area contributed by atoms with Gasteiger partial charge in [-0.15, -0.1) is 0 Å². The first-order valence-corrected chi connectivity index (χ1v) is 13.8. The molecule has 0 aromatic heterocycles. The number of carbonyl (C=O) groups is 1. The molecule has 2 aromatic carbocycles. The lowest BCUT2D eigenvalue weighted by atomic mass is 9.88. The Morgan fingerprint density at radius 1 is 1.11 bits per heavy atom. The van der Waals surface area contributed by atoms with Gasteiger partial charge >= 0.3 is 5.97 Å². The predicted octanol–water partition coefficient (Wildman–Crippen LogP) is 5.49. The number of aliphatic hydroxyl groups excluding tert-OH is 1. The van der Waals surface area contributed by atoms with E-state index in [1.807, 2.05) is 32.0 Å². The number of benzene rings is 2. The predicted molar refractivity (Wildman–Crippen MR) is 147 cm³/mol. The van der Waals surface area contributed by atoms with Crippen LogP contribution < -0.4 is 10.1 Å². The second kappa shape index (κ2) is 13.9. The van der Waals surface area contributed by atoms with E-state index in [0.29, 0.717) is 25.5 Å². The molecule has 37 heavy (non-hydrogen) atoms. The monoisotopic (exact) mass is 511 g/mol. The lowest BCUT2D eigenvalue weighted by Gasteiger charge is -2.31. The van der Waals surface area contributed by atoms with Crippen molar-refractivity contribution >= 4 is 5.97 Å². The molecule has 0 fully saturated rings. The highest BCUT2D eigenvalue weighted by Crippen LogP contribution is 2.32. The third-order valence-corrected chi connectivity index (χ3v) is 7.26. The molecule has 6 nitrogen and oxygen atoms in total. The van der Waals surface area contributed by atoms with Crippen LogP contribution in [0, 0.1) is 5.92 Å². The van der Waals surface area contributed by atoms with Gasteiger partial charge in [0.05, 0.1) is 25.4 Å². The molecule has 204 valence electrons. The molecule has 0 radical (unpaired) electrons. The van der Waals surface area contributed by atoms with Gasteiger partial charge in [0.1, 0.15) is 5.75 Å². The molecule has 6 heteroatoms. The molecule has 0 aliphatic heterocycles. The average molecular weight is 512 g/mol. The lowest BCUT2D eigenvalue weighted by Crippen LogP contribution is -2.45. The van der Waals surface area contributed by atoms with E-state index in [9.17, 15) is 9.90 Å². The highest BCUT2D eigenvalue weighted by atomic mass is 16.5. The second-order valence-electron chi connectivity index (χ2n) is 11.0. The number of unbranched alkanes of at least 4 members (excludes halogenated alkanes) is 1. The maximum absolute atomic E-state index is 10.9. The molecule has 2 aromatic rings. The van der Waals surface area contributed by atoms with E-state index >= 15 is 0 Å². The van der Waals surface area contributed by atoms with E-state index in [4.69, 9.17) is 14.6 Å². The van der Waals surface area contributed by atoms with Crippen LogP contribution in [-0.2, 0) is 28.8 Å². The quantitative estimate of drug-likeness (QED) is 0.258. The molecule has 1 aliphatic carbocycles. The molecular formula is C31H45NO5. The van der Waals surface area contributed by atoms with E-state index < -0.39 is 12.1 Å². The maximum atomic E-state index is 10.9. The molecule has 0 unspecified atom stereocenters. The van der Waals surface area contributed by atoms with Crippen LogP contribution >= 0.6 is 0 Å². The molecule has 0 spiro atoms. The zero-order valence-corrected chi connectivity index (χ0v) is 23.0. The summed E-state index contributed by atoms with van der Waals surface area (Å²) in [5.41, 5.74) is 4.96. The lowest BCUT2D eigenvalue weighted by molar-refractivity contribution is -0.137. The van der Waals surface area contributed by atoms with Gasteiger partial charge in [0.2, 0.25) is 0 Å². The normalized spacial score (nSPS) is 15.4. The first-order chi connectivity index (χ1) is 17.7. The van der Waals surface area contributed by atoms with Crippen LogP contribution in [0.15, 0.2) is 42.5 Å². The van der Waals surface area contributed by atoms with Crippen molar-refractivity contribution in [3.63, 3.8) is 0 Å². The van der Waals surface area contributed by atoms with Gasteiger partial charge in [0, 0.05) is 18.5 Å². The van der Waals surface area contributed by atoms with Crippen LogP contribution in [0.5, 0.6) is 5.75 Å². The van der Waals surface area contributed by atoms with Crippen molar-refractivity contribution in [1.82, 2.24) is 5.32 Å². The van der Waals surface area contributed by atoms with Gasteiger partial charge in [-0.05, 0) is 100 Å². The second-order valence-corrected chi connectivity index (χ2v) is 11.0. The minimum Gasteiger partial charge on any atom is -0.494 e. The Morgan fingerprint density at radius 3 is 2.46 bits per heavy atom. The number of aliphatic hydroxyl groups is 1. The van der Waals surface area contributed by atoms with E-state index in [-0.39, 0.29) is 24.7 Å². The van der Waals surface area contributed by atoms with Gasteiger partial charge in [0.15, 0.2) is 0 Å². The number of carboxylic acids is 1. The number of hydrogen-bond acceptors (Lipinski definition) is 5. The van der Waals surface area contributed by atoms with Gasteiger partial charge in [-0.25, -0.2) is 0 Å². The Bertz CT molecular complexity index is 980. The Labute approximate surface area is 222 Å². The number of carboxylic acid groups (broad SMARTS) is 1. The van der Waals surface area contributed by atoms with Crippen LogP contribution in [-0.4, -0.2) is 47.6 Å². The fourth-order valence-corrected chi connectivity index (χ4v) is 5.49. The minimum absolute atomic E-state index is 0.0751. The zero-order chi connectivity index (χ0) is 26.8. The molecule has 0 heterocycles. The smallest absolute Gasteiger partial charge is 0.303 e. The molecule has 0 saturated heterocycles. The first kappa shape index (κ1) is 29.2. The molecule has 1 aliphatic rings. The molecule has 0 amide bonds.